The summed E-state index contributed by atoms with van der Waals surface area (Å²) >= 11 is 5.93. The fourth-order valence-electron chi connectivity index (χ4n) is 3.14. The van der Waals surface area contributed by atoms with E-state index in [9.17, 15) is 14.7 Å². The van der Waals surface area contributed by atoms with Crippen molar-refractivity contribution in [2.24, 2.45) is 5.92 Å². The Balaban J connectivity index is 1.88. The molecule has 1 amide bonds. The van der Waals surface area contributed by atoms with Crippen LogP contribution in [0.3, 0.4) is 0 Å². The predicted octanol–water partition coefficient (Wildman–Crippen LogP) is 4.55. The molecular formula is C18H24ClNO4. The Bertz CT molecular complexity index is 572. The standard InChI is InChI=1S/C18H24ClNO4/c1-12(14-8-5-9-15(19)11-14)24-18(23)20-16(17(21)22)10-13-6-3-2-4-7-13/h5,8-9,11-13,16H,2-4,6-7,10H2,1H3,(H,20,23)(H,21,22)/t12?,16-/m0/s1. The van der Waals surface area contributed by atoms with Crippen molar-refractivity contribution >= 4 is 23.7 Å². The molecular weight excluding hydrogens is 330 g/mol. The summed E-state index contributed by atoms with van der Waals surface area (Å²) < 4.78 is 5.29. The fraction of sp³-hybridized carbons (Fsp3) is 0.556. The molecule has 2 rings (SSSR count). The van der Waals surface area contributed by atoms with Crippen LogP contribution in [-0.4, -0.2) is 23.2 Å². The highest BCUT2D eigenvalue weighted by atomic mass is 35.5. The molecule has 1 saturated carbocycles. The van der Waals surface area contributed by atoms with Crippen LogP contribution in [0.1, 0.15) is 57.1 Å². The lowest BCUT2D eigenvalue weighted by molar-refractivity contribution is -0.140. The van der Waals surface area contributed by atoms with Gasteiger partial charge in [0.1, 0.15) is 12.1 Å². The zero-order valence-electron chi connectivity index (χ0n) is 13.8. The van der Waals surface area contributed by atoms with Gasteiger partial charge in [0.15, 0.2) is 0 Å². The summed E-state index contributed by atoms with van der Waals surface area (Å²) in [6, 6.07) is 6.13. The third-order valence-electron chi connectivity index (χ3n) is 4.49. The van der Waals surface area contributed by atoms with Crippen LogP contribution in [0.4, 0.5) is 4.79 Å². The maximum Gasteiger partial charge on any atom is 0.408 e. The molecule has 0 aliphatic heterocycles. The molecule has 2 atom stereocenters. The first kappa shape index (κ1) is 18.6. The van der Waals surface area contributed by atoms with E-state index in [1.165, 1.54) is 6.42 Å². The van der Waals surface area contributed by atoms with Gasteiger partial charge in [-0.1, -0.05) is 55.8 Å². The maximum absolute atomic E-state index is 12.0. The van der Waals surface area contributed by atoms with E-state index < -0.39 is 24.2 Å². The average molecular weight is 354 g/mol. The highest BCUT2D eigenvalue weighted by Crippen LogP contribution is 2.27. The molecule has 0 spiro atoms. The summed E-state index contributed by atoms with van der Waals surface area (Å²) in [6.07, 6.45) is 4.76. The van der Waals surface area contributed by atoms with Gasteiger partial charge in [0.2, 0.25) is 0 Å². The molecule has 6 heteroatoms. The zero-order valence-corrected chi connectivity index (χ0v) is 14.6. The van der Waals surface area contributed by atoms with Crippen LogP contribution in [0.15, 0.2) is 24.3 Å². The van der Waals surface area contributed by atoms with Crippen molar-refractivity contribution in [2.45, 2.75) is 57.6 Å². The van der Waals surface area contributed by atoms with Crippen LogP contribution in [0.25, 0.3) is 0 Å². The van der Waals surface area contributed by atoms with E-state index in [4.69, 9.17) is 16.3 Å². The number of carbonyl (C=O) groups is 2. The van der Waals surface area contributed by atoms with E-state index in [0.717, 1.165) is 31.2 Å². The largest absolute Gasteiger partial charge is 0.480 e. The number of halogens is 1. The average Bonchev–Trinajstić information content (AvgIpc) is 2.55. The minimum atomic E-state index is -1.02. The van der Waals surface area contributed by atoms with E-state index in [0.29, 0.717) is 17.4 Å². The summed E-state index contributed by atoms with van der Waals surface area (Å²) in [6.45, 7) is 1.72. The number of carboxylic acids is 1. The molecule has 1 fully saturated rings. The predicted molar refractivity (Wildman–Crippen MR) is 92.1 cm³/mol. The van der Waals surface area contributed by atoms with E-state index in [2.05, 4.69) is 5.32 Å². The van der Waals surface area contributed by atoms with Crippen LogP contribution in [-0.2, 0) is 9.53 Å². The first-order valence-corrected chi connectivity index (χ1v) is 8.79. The minimum Gasteiger partial charge on any atom is -0.480 e. The number of carbonyl (C=O) groups excluding carboxylic acids is 1. The number of rotatable bonds is 6. The smallest absolute Gasteiger partial charge is 0.408 e. The summed E-state index contributed by atoms with van der Waals surface area (Å²) in [5, 5.41) is 12.4. The highest BCUT2D eigenvalue weighted by Gasteiger charge is 2.26. The van der Waals surface area contributed by atoms with Gasteiger partial charge >= 0.3 is 12.1 Å². The number of carboxylic acid groups (broad SMARTS) is 1. The van der Waals surface area contributed by atoms with Crippen molar-refractivity contribution < 1.29 is 19.4 Å². The van der Waals surface area contributed by atoms with Crippen LogP contribution in [0, 0.1) is 5.92 Å². The Kier molecular flexibility index (Phi) is 6.91. The molecule has 0 heterocycles. The topological polar surface area (TPSA) is 75.6 Å². The summed E-state index contributed by atoms with van der Waals surface area (Å²) in [5.41, 5.74) is 0.761. The summed E-state index contributed by atoms with van der Waals surface area (Å²) in [7, 11) is 0. The second kappa shape index (κ2) is 8.92. The molecule has 132 valence electrons. The third-order valence-corrected chi connectivity index (χ3v) is 4.72. The Labute approximate surface area is 147 Å². The van der Waals surface area contributed by atoms with Crippen LogP contribution in [0.5, 0.6) is 0 Å². The van der Waals surface area contributed by atoms with Crippen molar-refractivity contribution in [1.29, 1.82) is 0 Å². The summed E-state index contributed by atoms with van der Waals surface area (Å²) in [5.74, 6) is -0.668. The second-order valence-corrected chi connectivity index (χ2v) is 6.81. The van der Waals surface area contributed by atoms with Gasteiger partial charge in [-0.05, 0) is 37.0 Å². The minimum absolute atomic E-state index is 0.352. The number of hydrogen-bond acceptors (Lipinski definition) is 3. The van der Waals surface area contributed by atoms with E-state index in [1.54, 1.807) is 31.2 Å². The molecule has 5 nitrogen and oxygen atoms in total. The Morgan fingerprint density at radius 3 is 2.67 bits per heavy atom. The summed E-state index contributed by atoms with van der Waals surface area (Å²) in [4.78, 5) is 23.5. The molecule has 1 aliphatic rings. The van der Waals surface area contributed by atoms with E-state index in [1.807, 2.05) is 0 Å². The highest BCUT2D eigenvalue weighted by molar-refractivity contribution is 6.30. The number of amides is 1. The molecule has 24 heavy (non-hydrogen) atoms. The van der Waals surface area contributed by atoms with Crippen molar-refractivity contribution in [3.8, 4) is 0 Å². The maximum atomic E-state index is 12.0. The fourth-order valence-corrected chi connectivity index (χ4v) is 3.34. The van der Waals surface area contributed by atoms with E-state index >= 15 is 0 Å². The van der Waals surface area contributed by atoms with Gasteiger partial charge in [0, 0.05) is 5.02 Å². The molecule has 0 bridgehead atoms. The van der Waals surface area contributed by atoms with Crippen LogP contribution < -0.4 is 5.32 Å². The lowest BCUT2D eigenvalue weighted by Gasteiger charge is -2.25. The Morgan fingerprint density at radius 1 is 1.33 bits per heavy atom. The van der Waals surface area contributed by atoms with Crippen LogP contribution in [0.2, 0.25) is 5.02 Å². The Hall–Kier alpha value is -1.75. The second-order valence-electron chi connectivity index (χ2n) is 6.38. The zero-order chi connectivity index (χ0) is 17.5. The number of benzene rings is 1. The van der Waals surface area contributed by atoms with Gasteiger partial charge in [-0.3, -0.25) is 0 Å². The molecule has 1 unspecified atom stereocenters. The van der Waals surface area contributed by atoms with Gasteiger partial charge in [0.05, 0.1) is 0 Å². The van der Waals surface area contributed by atoms with Gasteiger partial charge in [-0.25, -0.2) is 9.59 Å². The SMILES string of the molecule is CC(OC(=O)N[C@@H](CC1CCCCC1)C(=O)O)c1cccc(Cl)c1. The molecule has 0 aromatic heterocycles. The number of ether oxygens (including phenoxy) is 1. The molecule has 1 aromatic carbocycles. The molecule has 2 N–H and O–H groups in total. The van der Waals surface area contributed by atoms with Gasteiger partial charge in [-0.2, -0.15) is 0 Å². The monoisotopic (exact) mass is 353 g/mol. The molecule has 1 aliphatic carbocycles. The first-order chi connectivity index (χ1) is 11.5. The van der Waals surface area contributed by atoms with E-state index in [-0.39, 0.29) is 0 Å². The molecule has 1 aromatic rings. The van der Waals surface area contributed by atoms with Gasteiger partial charge in [-0.15, -0.1) is 0 Å². The van der Waals surface area contributed by atoms with Crippen molar-refractivity contribution in [2.75, 3.05) is 0 Å². The lowest BCUT2D eigenvalue weighted by atomic mass is 9.85. The normalized spacial score (nSPS) is 17.8. The number of hydrogen-bond donors (Lipinski definition) is 2. The first-order valence-electron chi connectivity index (χ1n) is 8.41. The van der Waals surface area contributed by atoms with Gasteiger partial charge < -0.3 is 15.2 Å². The van der Waals surface area contributed by atoms with Gasteiger partial charge in [0.25, 0.3) is 0 Å². The number of nitrogens with one attached hydrogen (secondary N) is 1. The van der Waals surface area contributed by atoms with Crippen molar-refractivity contribution in [3.05, 3.63) is 34.9 Å². The molecule has 0 radical (unpaired) electrons. The quantitative estimate of drug-likeness (QED) is 0.786. The lowest BCUT2D eigenvalue weighted by Crippen LogP contribution is -2.42. The Morgan fingerprint density at radius 2 is 2.04 bits per heavy atom. The van der Waals surface area contributed by atoms with Crippen LogP contribution >= 0.6 is 11.6 Å². The van der Waals surface area contributed by atoms with Crippen molar-refractivity contribution in [3.63, 3.8) is 0 Å². The number of aliphatic carboxylic acids is 1. The van der Waals surface area contributed by atoms with Crippen molar-refractivity contribution in [1.82, 2.24) is 5.32 Å². The molecule has 0 saturated heterocycles. The third kappa shape index (κ3) is 5.71. The number of alkyl carbamates (subject to hydrolysis) is 1.